The molecule has 4 amide bonds. The van der Waals surface area contributed by atoms with Crippen LogP contribution in [0.3, 0.4) is 0 Å². The van der Waals surface area contributed by atoms with Crippen LogP contribution < -0.4 is 30.5 Å². The molecule has 0 spiro atoms. The highest BCUT2D eigenvalue weighted by Crippen LogP contribution is 2.36. The Morgan fingerprint density at radius 3 is 2.43 bits per heavy atom. The second-order valence-corrected chi connectivity index (χ2v) is 17.3. The van der Waals surface area contributed by atoms with E-state index >= 15 is 0 Å². The van der Waals surface area contributed by atoms with Crippen molar-refractivity contribution < 1.29 is 29.0 Å². The highest BCUT2D eigenvalue weighted by Gasteiger charge is 2.31. The average Bonchev–Trinajstić information content (AvgIpc) is 3.90. The molecule has 0 saturated carbocycles. The molecule has 4 fully saturated rings. The zero-order valence-corrected chi connectivity index (χ0v) is 34.5. The smallest absolute Gasteiger partial charge is 0.258 e. The van der Waals surface area contributed by atoms with Crippen molar-refractivity contribution in [1.82, 2.24) is 35.3 Å². The lowest BCUT2D eigenvalue weighted by atomic mass is 9.94. The Labute approximate surface area is 351 Å². The molecule has 2 aromatic carbocycles. The summed E-state index contributed by atoms with van der Waals surface area (Å²) in [5.74, 6) is -0.411. The molecular weight excluding hydrogens is 785 g/mol. The summed E-state index contributed by atoms with van der Waals surface area (Å²) in [5.41, 5.74) is 4.96. The fourth-order valence-electron chi connectivity index (χ4n) is 9.09. The molecule has 16 nitrogen and oxygen atoms in total. The number of aliphatic hydroxyl groups excluding tert-OH is 1. The number of likely N-dealkylation sites (tertiary alicyclic amines) is 1. The first-order chi connectivity index (χ1) is 29.2. The molecule has 4 saturated heterocycles. The van der Waals surface area contributed by atoms with Crippen molar-refractivity contribution in [3.8, 4) is 5.75 Å². The highest BCUT2D eigenvalue weighted by molar-refractivity contribution is 7.17. The number of nitrogens with one attached hydrogen (secondary N) is 3. The van der Waals surface area contributed by atoms with Gasteiger partial charge in [0, 0.05) is 93.3 Å². The maximum Gasteiger partial charge on any atom is 0.258 e. The lowest BCUT2D eigenvalue weighted by Gasteiger charge is -2.38. The number of methoxy groups -OCH3 is 1. The van der Waals surface area contributed by atoms with E-state index in [1.807, 2.05) is 18.2 Å². The number of rotatable bonds is 10. The predicted molar refractivity (Wildman–Crippen MR) is 229 cm³/mol. The van der Waals surface area contributed by atoms with E-state index in [9.17, 15) is 24.3 Å². The van der Waals surface area contributed by atoms with Crippen LogP contribution in [0.15, 0.2) is 54.3 Å². The number of carbonyl (C=O) groups excluding carboxylic acids is 4. The minimum Gasteiger partial charge on any atom is -0.496 e. The Morgan fingerprint density at radius 1 is 0.900 bits per heavy atom. The number of imide groups is 1. The van der Waals surface area contributed by atoms with Gasteiger partial charge >= 0.3 is 0 Å². The molecule has 0 bridgehead atoms. The SMILES string of the molecule is COc1cc(N2CCC(CN3CCC(n4cc5cc(NC(=O)c6csc7nccnc67)c(N6CCC(O)CC6)cc5n4)CC3)CC2)ccc1C(=O)NC1CCC(=O)NC1=O. The van der Waals surface area contributed by atoms with Crippen LogP contribution in [0.5, 0.6) is 5.75 Å². The molecule has 4 aliphatic rings. The van der Waals surface area contributed by atoms with Crippen molar-refractivity contribution in [3.63, 3.8) is 0 Å². The third-order valence-corrected chi connectivity index (χ3v) is 13.4. The standard InChI is InChI=1S/C43H50N10O6S/c1-59-37-21-29(2-3-31(37)40(56)46-33-4-5-38(55)48-42(33)58)51-16-6-26(7-17-51)23-50-14-8-28(9-15-50)53-24-27-20-35(36(22-34(27)49-53)52-18-10-30(54)11-19-52)47-41(57)32-25-60-43-39(32)44-12-13-45-43/h2-3,12-13,20-22,24-26,28,30,33,54H,4-11,14-19,23H2,1H3,(H,46,56)(H,47,57)(H,48,55,58). The van der Waals surface area contributed by atoms with Crippen LogP contribution in [0, 0.1) is 5.92 Å². The van der Waals surface area contributed by atoms with E-state index in [2.05, 4.69) is 57.6 Å². The minimum atomic E-state index is -0.753. The molecule has 7 heterocycles. The number of benzene rings is 2. The van der Waals surface area contributed by atoms with Gasteiger partial charge in [0.05, 0.1) is 47.3 Å². The lowest BCUT2D eigenvalue weighted by Crippen LogP contribution is -2.52. The summed E-state index contributed by atoms with van der Waals surface area (Å²) in [6.45, 7) is 6.27. The second-order valence-electron chi connectivity index (χ2n) is 16.4. The van der Waals surface area contributed by atoms with Gasteiger partial charge in [0.25, 0.3) is 11.8 Å². The van der Waals surface area contributed by atoms with Crippen molar-refractivity contribution >= 4 is 73.3 Å². The lowest BCUT2D eigenvalue weighted by molar-refractivity contribution is -0.134. The summed E-state index contributed by atoms with van der Waals surface area (Å²) < 4.78 is 7.73. The molecule has 17 heteroatoms. The first kappa shape index (κ1) is 39.8. The molecule has 9 rings (SSSR count). The van der Waals surface area contributed by atoms with Crippen LogP contribution in [-0.2, 0) is 9.59 Å². The number of aliphatic hydroxyl groups is 1. The highest BCUT2D eigenvalue weighted by atomic mass is 32.1. The normalized spacial score (nSPS) is 20.1. The van der Waals surface area contributed by atoms with Gasteiger partial charge in [0.1, 0.15) is 22.1 Å². The van der Waals surface area contributed by atoms with Gasteiger partial charge in [-0.25, -0.2) is 4.98 Å². The Balaban J connectivity index is 0.803. The first-order valence-corrected chi connectivity index (χ1v) is 21.8. The van der Waals surface area contributed by atoms with Crippen molar-refractivity contribution in [2.24, 2.45) is 5.92 Å². The monoisotopic (exact) mass is 834 g/mol. The van der Waals surface area contributed by atoms with E-state index in [-0.39, 0.29) is 36.8 Å². The van der Waals surface area contributed by atoms with E-state index in [4.69, 9.17) is 9.84 Å². The fraction of sp³-hybridized carbons (Fsp3) is 0.465. The van der Waals surface area contributed by atoms with Gasteiger partial charge < -0.3 is 35.2 Å². The minimum absolute atomic E-state index is 0.190. The number of hydrogen-bond donors (Lipinski definition) is 4. The molecule has 1 atom stereocenters. The van der Waals surface area contributed by atoms with Crippen LogP contribution in [0.4, 0.5) is 17.1 Å². The molecule has 0 aliphatic carbocycles. The summed E-state index contributed by atoms with van der Waals surface area (Å²) in [5, 5.41) is 26.3. The van der Waals surface area contributed by atoms with Gasteiger partial charge in [-0.3, -0.25) is 34.2 Å². The molecule has 3 aromatic heterocycles. The van der Waals surface area contributed by atoms with E-state index in [0.29, 0.717) is 54.2 Å². The summed E-state index contributed by atoms with van der Waals surface area (Å²) in [7, 11) is 1.54. The molecule has 4 aliphatic heterocycles. The van der Waals surface area contributed by atoms with Gasteiger partial charge in [-0.15, -0.1) is 11.3 Å². The molecule has 1 unspecified atom stereocenters. The summed E-state index contributed by atoms with van der Waals surface area (Å²) >= 11 is 1.40. The summed E-state index contributed by atoms with van der Waals surface area (Å²) in [6.07, 6.45) is 11.0. The van der Waals surface area contributed by atoms with Gasteiger partial charge in [-0.05, 0) is 75.1 Å². The van der Waals surface area contributed by atoms with Crippen molar-refractivity contribution in [3.05, 3.63) is 65.4 Å². The Kier molecular flexibility index (Phi) is 11.4. The Morgan fingerprint density at radius 2 is 1.67 bits per heavy atom. The number of amides is 4. The molecule has 5 aromatic rings. The maximum absolute atomic E-state index is 13.6. The van der Waals surface area contributed by atoms with Crippen LogP contribution in [0.25, 0.3) is 21.3 Å². The first-order valence-electron chi connectivity index (χ1n) is 20.9. The number of ether oxygens (including phenoxy) is 1. The van der Waals surface area contributed by atoms with Gasteiger partial charge in [0.2, 0.25) is 11.8 Å². The van der Waals surface area contributed by atoms with Crippen LogP contribution >= 0.6 is 11.3 Å². The third-order valence-electron chi connectivity index (χ3n) is 12.5. The number of aromatic nitrogens is 4. The van der Waals surface area contributed by atoms with E-state index in [1.165, 1.54) is 18.4 Å². The number of thiophene rings is 1. The molecule has 60 heavy (non-hydrogen) atoms. The van der Waals surface area contributed by atoms with E-state index in [1.54, 1.807) is 23.8 Å². The average molecular weight is 835 g/mol. The van der Waals surface area contributed by atoms with E-state index < -0.39 is 17.9 Å². The second kappa shape index (κ2) is 17.1. The topological polar surface area (TPSA) is 187 Å². The van der Waals surface area contributed by atoms with Crippen LogP contribution in [-0.4, -0.2) is 118 Å². The Hall–Kier alpha value is -5.65. The summed E-state index contributed by atoms with van der Waals surface area (Å²) in [4.78, 5) is 67.0. The maximum atomic E-state index is 13.6. The molecule has 4 N–H and O–H groups in total. The number of carbonyl (C=O) groups is 4. The number of hydrogen-bond acceptors (Lipinski definition) is 13. The summed E-state index contributed by atoms with van der Waals surface area (Å²) in [6, 6.07) is 9.21. The van der Waals surface area contributed by atoms with Gasteiger partial charge in [-0.1, -0.05) is 0 Å². The van der Waals surface area contributed by atoms with E-state index in [0.717, 1.165) is 91.2 Å². The third kappa shape index (κ3) is 8.38. The number of piperidine rings is 4. The van der Waals surface area contributed by atoms with Gasteiger partial charge in [-0.2, -0.15) is 5.10 Å². The number of nitrogens with zero attached hydrogens (tertiary/aromatic N) is 7. The van der Waals surface area contributed by atoms with Crippen molar-refractivity contribution in [1.29, 1.82) is 0 Å². The zero-order chi connectivity index (χ0) is 41.3. The van der Waals surface area contributed by atoms with Crippen LogP contribution in [0.1, 0.15) is 78.1 Å². The van der Waals surface area contributed by atoms with Crippen LogP contribution in [0.2, 0.25) is 0 Å². The predicted octanol–water partition coefficient (Wildman–Crippen LogP) is 4.35. The largest absolute Gasteiger partial charge is 0.496 e. The molecular formula is C43H50N10O6S. The van der Waals surface area contributed by atoms with Crippen molar-refractivity contribution in [2.45, 2.75) is 69.6 Å². The Bertz CT molecular complexity index is 2410. The van der Waals surface area contributed by atoms with Gasteiger partial charge in [0.15, 0.2) is 0 Å². The zero-order valence-electron chi connectivity index (χ0n) is 33.6. The quantitative estimate of drug-likeness (QED) is 0.146. The van der Waals surface area contributed by atoms with Crippen molar-refractivity contribution in [2.75, 3.05) is 68.0 Å². The fourth-order valence-corrected chi connectivity index (χ4v) is 9.93. The number of anilines is 3. The molecule has 0 radical (unpaired) electrons. The molecule has 314 valence electrons. The number of fused-ring (bicyclic) bond motifs is 2.